The van der Waals surface area contributed by atoms with Crippen molar-refractivity contribution >= 4 is 36.6 Å². The molecule has 0 aromatic heterocycles. The molecule has 4 fully saturated rings. The third-order valence-electron chi connectivity index (χ3n) is 8.28. The molecule has 0 aromatic carbocycles. The van der Waals surface area contributed by atoms with Gasteiger partial charge >= 0.3 is 0 Å². The van der Waals surface area contributed by atoms with Gasteiger partial charge in [0, 0.05) is 16.8 Å². The Hall–Kier alpha value is -0.210. The highest BCUT2D eigenvalue weighted by molar-refractivity contribution is 14.2. The highest BCUT2D eigenvalue weighted by Gasteiger charge is 2.76. The van der Waals surface area contributed by atoms with Crippen LogP contribution in [0, 0.1) is 22.7 Å². The molecule has 1 saturated heterocycles. The number of hydrogen-bond acceptors (Lipinski definition) is 4. The van der Waals surface area contributed by atoms with E-state index in [1.165, 1.54) is 0 Å². The molecule has 2 heterocycles. The van der Waals surface area contributed by atoms with Crippen molar-refractivity contribution in [3.8, 4) is 0 Å². The molecule has 5 atom stereocenters. The van der Waals surface area contributed by atoms with Crippen LogP contribution in [0.25, 0.3) is 0 Å². The minimum Gasteiger partial charge on any atom is -0.378 e. The van der Waals surface area contributed by atoms with Gasteiger partial charge in [-0.05, 0) is 98.7 Å². The summed E-state index contributed by atoms with van der Waals surface area (Å²) < 4.78 is 5.89. The van der Waals surface area contributed by atoms with Crippen molar-refractivity contribution in [2.24, 2.45) is 22.7 Å². The fourth-order valence-corrected chi connectivity index (χ4v) is 8.51. The Morgan fingerprint density at radius 1 is 1.21 bits per heavy atom. The molecule has 6 aliphatic rings. The topological polar surface area (TPSA) is 55.7 Å². The standard InChI is InChI=1S/C22H30ClIN2O2/c1-20(6-8-24-25-9-7-20)21-12-22(13-21,14-21)26-18(27)10-16(11-19(26)28)15-2-4-17(23)5-3-15/h2,4-5,7-9,15-16,18-19,25,27-28H,3,6,10-14H2,1H3/t15?,16?,18-,19?,20?,21?,22?/m0/s1. The summed E-state index contributed by atoms with van der Waals surface area (Å²) in [4.78, 5) is 2.07. The van der Waals surface area contributed by atoms with Crippen LogP contribution >= 0.6 is 32.6 Å². The van der Waals surface area contributed by atoms with Gasteiger partial charge in [0.25, 0.3) is 0 Å². The number of allylic oxidation sites excluding steroid dienone is 5. The molecular formula is C22H30ClIN2O2. The van der Waals surface area contributed by atoms with Crippen LogP contribution in [0.1, 0.15) is 51.9 Å². The second kappa shape index (κ2) is 6.91. The zero-order chi connectivity index (χ0) is 19.6. The van der Waals surface area contributed by atoms with Gasteiger partial charge in [0.2, 0.25) is 0 Å². The zero-order valence-electron chi connectivity index (χ0n) is 16.3. The van der Waals surface area contributed by atoms with Crippen molar-refractivity contribution < 1.29 is 10.2 Å². The maximum Gasteiger partial charge on any atom is 0.110 e. The van der Waals surface area contributed by atoms with E-state index in [2.05, 4.69) is 43.8 Å². The highest BCUT2D eigenvalue weighted by Crippen LogP contribution is 2.78. The summed E-state index contributed by atoms with van der Waals surface area (Å²) in [5.74, 6) is 0.682. The van der Waals surface area contributed by atoms with Crippen molar-refractivity contribution in [1.82, 2.24) is 8.43 Å². The second-order valence-corrected chi connectivity index (χ2v) is 12.4. The monoisotopic (exact) mass is 516 g/mol. The van der Waals surface area contributed by atoms with Crippen LogP contribution < -0.4 is 3.53 Å². The van der Waals surface area contributed by atoms with Crippen LogP contribution in [0.5, 0.6) is 0 Å². The first-order valence-corrected chi connectivity index (χ1v) is 13.1. The minimum atomic E-state index is -0.543. The van der Waals surface area contributed by atoms with E-state index in [-0.39, 0.29) is 32.0 Å². The van der Waals surface area contributed by atoms with E-state index in [1.54, 1.807) is 0 Å². The van der Waals surface area contributed by atoms with Gasteiger partial charge in [-0.25, -0.2) is 4.90 Å². The highest BCUT2D eigenvalue weighted by atomic mass is 127. The molecule has 4 unspecified atom stereocenters. The van der Waals surface area contributed by atoms with Gasteiger partial charge in [-0.2, -0.15) is 0 Å². The molecule has 0 amide bonds. The molecule has 3 N–H and O–H groups in total. The SMILES string of the molecule is CC1(C23CC(N4C(O)CC(C5C=CC(Cl)=CC5)C[C@@H]4O)(C2)C3)C=CNI=CC1. The maximum atomic E-state index is 11.0. The molecule has 0 radical (unpaired) electrons. The van der Waals surface area contributed by atoms with Gasteiger partial charge in [-0.15, -0.1) is 0 Å². The zero-order valence-corrected chi connectivity index (χ0v) is 19.2. The summed E-state index contributed by atoms with van der Waals surface area (Å²) in [6.45, 7) is 2.40. The number of rotatable bonds is 3. The smallest absolute Gasteiger partial charge is 0.110 e. The van der Waals surface area contributed by atoms with Gasteiger partial charge in [0.15, 0.2) is 0 Å². The van der Waals surface area contributed by atoms with Crippen molar-refractivity contribution in [2.45, 2.75) is 69.9 Å². The van der Waals surface area contributed by atoms with Gasteiger partial charge in [-0.1, -0.05) is 36.8 Å². The van der Waals surface area contributed by atoms with E-state index in [0.29, 0.717) is 17.3 Å². The van der Waals surface area contributed by atoms with Crippen LogP contribution in [-0.2, 0) is 0 Å². The Kier molecular flexibility index (Phi) is 4.87. The van der Waals surface area contributed by atoms with E-state index in [1.807, 2.05) is 6.08 Å². The molecule has 0 spiro atoms. The number of likely N-dealkylation sites (tertiary alicyclic amines) is 1. The Balaban J connectivity index is 1.26. The quantitative estimate of drug-likeness (QED) is 0.390. The van der Waals surface area contributed by atoms with Crippen molar-refractivity contribution in [3.63, 3.8) is 0 Å². The van der Waals surface area contributed by atoms with E-state index < -0.39 is 12.5 Å². The molecule has 2 aliphatic heterocycles. The number of aliphatic hydroxyl groups excluding tert-OH is 2. The molecule has 0 aromatic rings. The third kappa shape index (κ3) is 2.91. The van der Waals surface area contributed by atoms with Crippen LogP contribution in [0.15, 0.2) is 35.5 Å². The lowest BCUT2D eigenvalue weighted by molar-refractivity contribution is -0.329. The molecule has 4 nitrogen and oxygen atoms in total. The van der Waals surface area contributed by atoms with Crippen LogP contribution in [0.4, 0.5) is 0 Å². The Morgan fingerprint density at radius 2 is 1.93 bits per heavy atom. The summed E-state index contributed by atoms with van der Waals surface area (Å²) in [5, 5.41) is 22.8. The lowest BCUT2D eigenvalue weighted by Gasteiger charge is -2.79. The Bertz CT molecular complexity index is 747. The molecule has 2 bridgehead atoms. The van der Waals surface area contributed by atoms with Crippen LogP contribution in [-0.4, -0.2) is 37.1 Å². The summed E-state index contributed by atoms with van der Waals surface area (Å²) in [6, 6.07) is 0. The number of piperidine rings is 1. The molecular weight excluding hydrogens is 487 g/mol. The Morgan fingerprint density at radius 3 is 2.57 bits per heavy atom. The first-order chi connectivity index (χ1) is 13.4. The third-order valence-corrected chi connectivity index (χ3v) is 10.2. The number of hydrogen-bond donors (Lipinski definition) is 3. The van der Waals surface area contributed by atoms with Gasteiger partial charge in [-0.3, -0.25) is 0 Å². The number of halogens is 2. The average molecular weight is 517 g/mol. The first-order valence-electron chi connectivity index (χ1n) is 10.4. The maximum absolute atomic E-state index is 11.0. The van der Waals surface area contributed by atoms with Crippen LogP contribution in [0.2, 0.25) is 0 Å². The molecule has 6 rings (SSSR count). The van der Waals surface area contributed by atoms with Crippen LogP contribution in [0.3, 0.4) is 0 Å². The summed E-state index contributed by atoms with van der Waals surface area (Å²) in [5.41, 5.74) is 0.575. The lowest BCUT2D eigenvalue weighted by atomic mass is 9.31. The number of nitrogens with zero attached hydrogens (tertiary/aromatic N) is 1. The molecule has 3 saturated carbocycles. The number of aliphatic hydroxyl groups is 2. The predicted molar refractivity (Wildman–Crippen MR) is 122 cm³/mol. The van der Waals surface area contributed by atoms with Crippen molar-refractivity contribution in [1.29, 1.82) is 0 Å². The summed E-state index contributed by atoms with van der Waals surface area (Å²) >= 11 is 6.04. The fourth-order valence-electron chi connectivity index (χ4n) is 6.58. The largest absolute Gasteiger partial charge is 0.378 e. The summed E-state index contributed by atoms with van der Waals surface area (Å²) in [7, 11) is 0. The predicted octanol–water partition coefficient (Wildman–Crippen LogP) is 4.16. The second-order valence-electron chi connectivity index (χ2n) is 9.81. The van der Waals surface area contributed by atoms with Gasteiger partial charge in [0.05, 0.1) is 0 Å². The van der Waals surface area contributed by atoms with Crippen molar-refractivity contribution in [3.05, 3.63) is 35.5 Å². The molecule has 28 heavy (non-hydrogen) atoms. The summed E-state index contributed by atoms with van der Waals surface area (Å²) in [6.07, 6.45) is 16.5. The fraction of sp³-hybridized carbons (Fsp3) is 0.682. The lowest BCUT2D eigenvalue weighted by Crippen LogP contribution is -2.81. The molecule has 6 heteroatoms. The van der Waals surface area contributed by atoms with E-state index in [0.717, 1.165) is 50.0 Å². The van der Waals surface area contributed by atoms with E-state index in [9.17, 15) is 10.2 Å². The molecule has 154 valence electrons. The first kappa shape index (κ1) is 19.7. The van der Waals surface area contributed by atoms with E-state index in [4.69, 9.17) is 11.6 Å². The Labute approximate surface area is 182 Å². The van der Waals surface area contributed by atoms with Gasteiger partial charge in [0.1, 0.15) is 12.5 Å². The van der Waals surface area contributed by atoms with Crippen molar-refractivity contribution in [2.75, 3.05) is 0 Å². The minimum absolute atomic E-state index is 0.0103. The van der Waals surface area contributed by atoms with Gasteiger partial charge < -0.3 is 13.7 Å². The number of nitrogens with one attached hydrogen (secondary N) is 1. The van der Waals surface area contributed by atoms with E-state index >= 15 is 0 Å². The molecule has 4 aliphatic carbocycles. The normalized spacial score (nSPS) is 50.5. The average Bonchev–Trinajstić information content (AvgIpc) is 2.81.